The molecule has 1 N–H and O–H groups in total. The van der Waals surface area contributed by atoms with Crippen molar-refractivity contribution in [1.82, 2.24) is 14.0 Å². The number of benzene rings is 1. The van der Waals surface area contributed by atoms with Gasteiger partial charge in [-0.25, -0.2) is 4.79 Å². The van der Waals surface area contributed by atoms with E-state index >= 15 is 0 Å². The number of azo groups is 1. The summed E-state index contributed by atoms with van der Waals surface area (Å²) in [5.74, 6) is -1.86. The minimum atomic E-state index is -0.827. The summed E-state index contributed by atoms with van der Waals surface area (Å²) < 4.78 is 2.39. The summed E-state index contributed by atoms with van der Waals surface area (Å²) in [5, 5.41) is 31.4. The van der Waals surface area contributed by atoms with Crippen molar-refractivity contribution in [3.63, 3.8) is 0 Å². The molecule has 237 valence electrons. The zero-order chi connectivity index (χ0) is 30.2. The molecular weight excluding hydrogens is 620 g/mol. The first-order valence-electron chi connectivity index (χ1n) is 15.5. The topological polar surface area (TPSA) is 169 Å². The van der Waals surface area contributed by atoms with E-state index in [9.17, 15) is 34.4 Å². The fraction of sp³-hybridized carbons (Fsp3) is 0.600. The second-order valence-corrected chi connectivity index (χ2v) is 12.2. The van der Waals surface area contributed by atoms with Gasteiger partial charge in [0.05, 0.1) is 16.1 Å². The molecule has 0 bridgehead atoms. The number of nitro groups is 1. The van der Waals surface area contributed by atoms with Crippen LogP contribution in [0.3, 0.4) is 0 Å². The Hall–Kier alpha value is -3.64. The smallest absolute Gasteiger partial charge is 0.493 e. The van der Waals surface area contributed by atoms with Crippen LogP contribution in [0.5, 0.6) is 5.88 Å². The molecule has 1 aliphatic heterocycles. The molecule has 3 saturated carbocycles. The molecule has 4 aliphatic rings. The first-order chi connectivity index (χ1) is 20.8. The van der Waals surface area contributed by atoms with Gasteiger partial charge < -0.3 is 5.11 Å². The van der Waals surface area contributed by atoms with Gasteiger partial charge in [0, 0.05) is 24.2 Å². The average Bonchev–Trinajstić information content (AvgIpc) is 3.27. The van der Waals surface area contributed by atoms with Crippen LogP contribution >= 0.6 is 0 Å². The van der Waals surface area contributed by atoms with Crippen LogP contribution in [-0.4, -0.2) is 41.9 Å². The number of nitro benzene ring substituents is 1. The van der Waals surface area contributed by atoms with E-state index in [-0.39, 0.29) is 46.3 Å². The quantitative estimate of drug-likeness (QED) is 0.131. The zero-order valence-corrected chi connectivity index (χ0v) is 25.3. The SMILES string of the molecule is O=C1c2ccc([N+](=O)[O-])c(N=Nc3c(O)n(C4CCCCC4)c(=O)n(C4CCCCC4)c3=O)c2C(=O)N1C1CCCCC1.[Cu+2]. The molecule has 13 nitrogen and oxygen atoms in total. The summed E-state index contributed by atoms with van der Waals surface area (Å²) in [6, 6.07) is 1.36. The van der Waals surface area contributed by atoms with E-state index < -0.39 is 50.9 Å². The molecule has 14 heteroatoms. The maximum absolute atomic E-state index is 13.8. The van der Waals surface area contributed by atoms with Crippen LogP contribution in [0.25, 0.3) is 0 Å². The Morgan fingerprint density at radius 1 is 0.705 bits per heavy atom. The minimum Gasteiger partial charge on any atom is -0.493 e. The third kappa shape index (κ3) is 5.53. The van der Waals surface area contributed by atoms with Gasteiger partial charge in [-0.3, -0.25) is 38.5 Å². The Morgan fingerprint density at radius 2 is 1.20 bits per heavy atom. The first kappa shape index (κ1) is 31.8. The van der Waals surface area contributed by atoms with Crippen LogP contribution in [0, 0.1) is 10.1 Å². The van der Waals surface area contributed by atoms with Gasteiger partial charge in [-0.05, 0) is 44.6 Å². The molecule has 2 heterocycles. The summed E-state index contributed by atoms with van der Waals surface area (Å²) in [7, 11) is 0. The molecule has 0 atom stereocenters. The van der Waals surface area contributed by atoms with Crippen molar-refractivity contribution >= 4 is 28.9 Å². The summed E-state index contributed by atoms with van der Waals surface area (Å²) in [6.45, 7) is 0. The van der Waals surface area contributed by atoms with E-state index in [0.29, 0.717) is 38.5 Å². The fourth-order valence-electron chi connectivity index (χ4n) is 7.37. The van der Waals surface area contributed by atoms with Crippen LogP contribution < -0.4 is 11.2 Å². The van der Waals surface area contributed by atoms with Crippen molar-refractivity contribution in [2.75, 3.05) is 0 Å². The van der Waals surface area contributed by atoms with Crippen molar-refractivity contribution in [3.8, 4) is 5.88 Å². The van der Waals surface area contributed by atoms with Gasteiger partial charge in [0.1, 0.15) is 0 Å². The number of fused-ring (bicyclic) bond motifs is 1. The number of hydrogen-bond donors (Lipinski definition) is 1. The third-order valence-electron chi connectivity index (χ3n) is 9.58. The number of aromatic nitrogens is 2. The van der Waals surface area contributed by atoms with E-state index in [4.69, 9.17) is 0 Å². The number of rotatable bonds is 6. The van der Waals surface area contributed by atoms with Gasteiger partial charge in [0.15, 0.2) is 5.69 Å². The Morgan fingerprint density at radius 3 is 1.75 bits per heavy atom. The molecule has 0 spiro atoms. The fourth-order valence-corrected chi connectivity index (χ4v) is 7.37. The molecule has 44 heavy (non-hydrogen) atoms. The van der Waals surface area contributed by atoms with Crippen molar-refractivity contribution < 1.29 is 36.7 Å². The Kier molecular flexibility index (Phi) is 9.50. The number of amides is 2. The minimum absolute atomic E-state index is 0. The van der Waals surface area contributed by atoms with Crippen LogP contribution in [0.2, 0.25) is 0 Å². The molecule has 1 radical (unpaired) electrons. The van der Waals surface area contributed by atoms with Crippen LogP contribution in [0.4, 0.5) is 17.1 Å². The zero-order valence-electron chi connectivity index (χ0n) is 24.4. The molecule has 2 aromatic rings. The van der Waals surface area contributed by atoms with Crippen molar-refractivity contribution in [2.24, 2.45) is 10.2 Å². The van der Waals surface area contributed by atoms with Crippen LogP contribution in [0.1, 0.15) is 129 Å². The monoisotopic (exact) mass is 655 g/mol. The van der Waals surface area contributed by atoms with Gasteiger partial charge in [-0.15, -0.1) is 10.2 Å². The maximum Gasteiger partial charge on any atom is 2.00 e. The van der Waals surface area contributed by atoms with Crippen molar-refractivity contribution in [1.29, 1.82) is 0 Å². The second kappa shape index (κ2) is 13.2. The maximum atomic E-state index is 13.8. The van der Waals surface area contributed by atoms with Gasteiger partial charge in [0.2, 0.25) is 11.6 Å². The molecule has 3 fully saturated rings. The van der Waals surface area contributed by atoms with E-state index in [2.05, 4.69) is 10.2 Å². The Balaban J connectivity index is 0.00000384. The van der Waals surface area contributed by atoms with E-state index in [1.54, 1.807) is 0 Å². The van der Waals surface area contributed by atoms with Gasteiger partial charge in [0.25, 0.3) is 23.1 Å². The predicted molar refractivity (Wildman–Crippen MR) is 156 cm³/mol. The third-order valence-corrected chi connectivity index (χ3v) is 9.58. The van der Waals surface area contributed by atoms with Gasteiger partial charge >= 0.3 is 22.8 Å². The Labute approximate surface area is 264 Å². The van der Waals surface area contributed by atoms with Crippen LogP contribution in [0.15, 0.2) is 32.0 Å². The predicted octanol–water partition coefficient (Wildman–Crippen LogP) is 5.98. The van der Waals surface area contributed by atoms with E-state index in [1.807, 2.05) is 0 Å². The molecule has 0 unspecified atom stereocenters. The summed E-state index contributed by atoms with van der Waals surface area (Å²) in [6.07, 6.45) is 12.1. The normalized spacial score (nSPS) is 20.2. The number of hydrogen-bond acceptors (Lipinski definition) is 9. The number of aromatic hydroxyl groups is 1. The molecule has 1 aromatic heterocycles. The summed E-state index contributed by atoms with van der Waals surface area (Å²) in [4.78, 5) is 66.9. The summed E-state index contributed by atoms with van der Waals surface area (Å²) >= 11 is 0. The van der Waals surface area contributed by atoms with Crippen molar-refractivity contribution in [2.45, 2.75) is 114 Å². The summed E-state index contributed by atoms with van der Waals surface area (Å²) in [5.41, 5.74) is -3.17. The average molecular weight is 656 g/mol. The molecule has 6 rings (SSSR count). The van der Waals surface area contributed by atoms with E-state index in [0.717, 1.165) is 68.4 Å². The molecule has 0 saturated heterocycles. The number of carbonyl (C=O) groups excluding carboxylic acids is 2. The van der Waals surface area contributed by atoms with Crippen LogP contribution in [-0.2, 0) is 17.1 Å². The molecule has 3 aliphatic carbocycles. The van der Waals surface area contributed by atoms with Gasteiger partial charge in [-0.2, -0.15) is 0 Å². The van der Waals surface area contributed by atoms with Crippen molar-refractivity contribution in [3.05, 3.63) is 54.2 Å². The Bertz CT molecular complexity index is 1610. The molecule has 1 aromatic carbocycles. The largest absolute Gasteiger partial charge is 2.00 e. The number of nitrogens with zero attached hydrogens (tertiary/aromatic N) is 6. The molecule has 2 amide bonds. The molecular formula is C30H36CuN6O7+2. The van der Waals surface area contributed by atoms with E-state index in [1.165, 1.54) is 15.5 Å². The standard InChI is InChI=1S/C30H36N6O7.Cu/c37-26-21-16-17-22(36(42)43)24(23(21)27(38)33(26)18-10-4-1-5-11-18)31-32-25-28(39)34(19-12-6-2-7-13-19)30(41)35(29(25)40)20-14-8-3-9-15-20;/h16-20,39H,1-15H2;/q;+2. The second-order valence-electron chi connectivity index (χ2n) is 12.2. The van der Waals surface area contributed by atoms with Gasteiger partial charge in [-0.1, -0.05) is 57.8 Å². The number of imide groups is 1. The first-order valence-corrected chi connectivity index (χ1v) is 15.5. The number of carbonyl (C=O) groups is 2.